The predicted octanol–water partition coefficient (Wildman–Crippen LogP) is 4.29. The Morgan fingerprint density at radius 3 is 2.59 bits per heavy atom. The molecule has 4 rings (SSSR count). The van der Waals surface area contributed by atoms with E-state index in [2.05, 4.69) is 29.4 Å². The lowest BCUT2D eigenvalue weighted by atomic mass is 9.96. The van der Waals surface area contributed by atoms with E-state index >= 15 is 0 Å². The lowest BCUT2D eigenvalue weighted by molar-refractivity contribution is 0.0741. The van der Waals surface area contributed by atoms with Gasteiger partial charge >= 0.3 is 6.09 Å². The average Bonchev–Trinajstić information content (AvgIpc) is 3.52. The van der Waals surface area contributed by atoms with Gasteiger partial charge in [0.25, 0.3) is 0 Å². The predicted molar refractivity (Wildman–Crippen MR) is 128 cm³/mol. The van der Waals surface area contributed by atoms with E-state index in [-0.39, 0.29) is 18.1 Å². The summed E-state index contributed by atoms with van der Waals surface area (Å²) in [6, 6.07) is 17.3. The number of rotatable bonds is 10. The Hall–Kier alpha value is -3.49. The molecular weight excluding hydrogens is 432 g/mol. The smallest absolute Gasteiger partial charge is 0.414 e. The maximum Gasteiger partial charge on any atom is 0.414 e. The standard InChI is InChI=1S/C26H30N4O4/c1-19(25(33-2)21-11-13-22(14-12-21)30-16-17-34-26(30)32)8-6-7-15-29-18-23(27-28-29)24(31)20-9-4-3-5-10-20/h3-6,8-14,18-19,24-25,31H,7,15-17H2,1-2H3/b8-6+/t19-,24-,25+/m1/s1. The summed E-state index contributed by atoms with van der Waals surface area (Å²) in [5.74, 6) is 0.152. The summed E-state index contributed by atoms with van der Waals surface area (Å²) < 4.78 is 12.5. The highest BCUT2D eigenvalue weighted by Gasteiger charge is 2.24. The van der Waals surface area contributed by atoms with E-state index in [1.807, 2.05) is 54.6 Å². The Morgan fingerprint density at radius 2 is 1.91 bits per heavy atom. The molecule has 178 valence electrons. The van der Waals surface area contributed by atoms with Crippen LogP contribution in [0.15, 0.2) is 72.9 Å². The molecule has 0 saturated carbocycles. The van der Waals surface area contributed by atoms with E-state index in [0.717, 1.165) is 23.2 Å². The number of amides is 1. The molecular formula is C26H30N4O4. The van der Waals surface area contributed by atoms with Crippen LogP contribution in [-0.4, -0.2) is 46.5 Å². The Labute approximate surface area is 199 Å². The molecule has 8 nitrogen and oxygen atoms in total. The van der Waals surface area contributed by atoms with Crippen LogP contribution in [0.3, 0.4) is 0 Å². The Balaban J connectivity index is 1.30. The zero-order valence-corrected chi connectivity index (χ0v) is 19.4. The number of allylic oxidation sites excluding steroid dienone is 1. The van der Waals surface area contributed by atoms with Crippen molar-refractivity contribution in [2.45, 2.75) is 32.1 Å². The number of aryl methyl sites for hydroxylation is 1. The topological polar surface area (TPSA) is 89.7 Å². The van der Waals surface area contributed by atoms with Crippen LogP contribution >= 0.6 is 0 Å². The highest BCUT2D eigenvalue weighted by atomic mass is 16.6. The molecule has 0 spiro atoms. The first kappa shape index (κ1) is 23.7. The van der Waals surface area contributed by atoms with Crippen LogP contribution in [0.2, 0.25) is 0 Å². The van der Waals surface area contributed by atoms with Crippen molar-refractivity contribution in [2.24, 2.45) is 5.92 Å². The number of hydrogen-bond donors (Lipinski definition) is 1. The van der Waals surface area contributed by atoms with Crippen LogP contribution in [0.25, 0.3) is 0 Å². The summed E-state index contributed by atoms with van der Waals surface area (Å²) in [5, 5.41) is 18.7. The van der Waals surface area contributed by atoms with Gasteiger partial charge in [-0.2, -0.15) is 0 Å². The fourth-order valence-electron chi connectivity index (χ4n) is 4.10. The molecule has 1 amide bonds. The van der Waals surface area contributed by atoms with E-state index in [1.165, 1.54) is 0 Å². The van der Waals surface area contributed by atoms with Gasteiger partial charge in [-0.25, -0.2) is 4.79 Å². The SMILES string of the molecule is CO[C@H](c1ccc(N2CCOC2=O)cc1)[C@H](C)/C=C/CCn1cc([C@H](O)c2ccccc2)nn1. The maximum absolute atomic E-state index is 11.8. The largest absolute Gasteiger partial charge is 0.447 e. The van der Waals surface area contributed by atoms with Gasteiger partial charge in [-0.1, -0.05) is 66.8 Å². The van der Waals surface area contributed by atoms with Gasteiger partial charge in [-0.15, -0.1) is 5.10 Å². The molecule has 0 aliphatic carbocycles. The Morgan fingerprint density at radius 1 is 1.15 bits per heavy atom. The highest BCUT2D eigenvalue weighted by molar-refractivity contribution is 5.89. The molecule has 0 unspecified atom stereocenters. The second kappa shape index (κ2) is 11.1. The van der Waals surface area contributed by atoms with Crippen LogP contribution in [-0.2, 0) is 16.0 Å². The van der Waals surface area contributed by atoms with E-state index in [4.69, 9.17) is 9.47 Å². The number of carbonyl (C=O) groups is 1. The van der Waals surface area contributed by atoms with Crippen LogP contribution in [0, 0.1) is 5.92 Å². The van der Waals surface area contributed by atoms with Crippen LogP contribution in [0.5, 0.6) is 0 Å². The number of aliphatic hydroxyl groups is 1. The maximum atomic E-state index is 11.8. The van der Waals surface area contributed by atoms with E-state index < -0.39 is 6.10 Å². The Bertz CT molecular complexity index is 1100. The number of hydrogen-bond acceptors (Lipinski definition) is 6. The number of aromatic nitrogens is 3. The molecule has 34 heavy (non-hydrogen) atoms. The minimum Gasteiger partial charge on any atom is -0.447 e. The zero-order chi connectivity index (χ0) is 23.9. The van der Waals surface area contributed by atoms with Gasteiger partial charge in [0.1, 0.15) is 18.4 Å². The fraction of sp³-hybridized carbons (Fsp3) is 0.346. The van der Waals surface area contributed by atoms with Crippen molar-refractivity contribution in [1.82, 2.24) is 15.0 Å². The van der Waals surface area contributed by atoms with E-state index in [1.54, 1.807) is 22.9 Å². The van der Waals surface area contributed by atoms with Gasteiger partial charge in [-0.3, -0.25) is 9.58 Å². The molecule has 3 aromatic rings. The van der Waals surface area contributed by atoms with Crippen molar-refractivity contribution in [3.05, 3.63) is 89.8 Å². The molecule has 1 aromatic heterocycles. The molecule has 2 heterocycles. The van der Waals surface area contributed by atoms with Gasteiger partial charge in [0.2, 0.25) is 0 Å². The molecule has 1 fully saturated rings. The lowest BCUT2D eigenvalue weighted by Gasteiger charge is -2.21. The summed E-state index contributed by atoms with van der Waals surface area (Å²) in [5.41, 5.74) is 3.21. The molecule has 0 bridgehead atoms. The lowest BCUT2D eigenvalue weighted by Crippen LogP contribution is -2.23. The molecule has 1 aliphatic heterocycles. The number of carbonyl (C=O) groups excluding carboxylic acids is 1. The van der Waals surface area contributed by atoms with Crippen molar-refractivity contribution in [3.8, 4) is 0 Å². The average molecular weight is 463 g/mol. The second-order valence-corrected chi connectivity index (χ2v) is 8.31. The summed E-state index contributed by atoms with van der Waals surface area (Å²) >= 11 is 0. The number of nitrogens with zero attached hydrogens (tertiary/aromatic N) is 4. The molecule has 1 N–H and O–H groups in total. The van der Waals surface area contributed by atoms with Crippen molar-refractivity contribution in [1.29, 1.82) is 0 Å². The number of methoxy groups -OCH3 is 1. The van der Waals surface area contributed by atoms with E-state index in [0.29, 0.717) is 25.4 Å². The van der Waals surface area contributed by atoms with Gasteiger partial charge in [0.05, 0.1) is 18.8 Å². The summed E-state index contributed by atoms with van der Waals surface area (Å²) in [4.78, 5) is 13.4. The number of ether oxygens (including phenoxy) is 2. The molecule has 2 aromatic carbocycles. The summed E-state index contributed by atoms with van der Waals surface area (Å²) in [6.45, 7) is 3.77. The third-order valence-corrected chi connectivity index (χ3v) is 5.94. The Kier molecular flexibility index (Phi) is 7.72. The van der Waals surface area contributed by atoms with Crippen LogP contribution in [0.1, 0.15) is 42.4 Å². The minimum atomic E-state index is -0.782. The first-order chi connectivity index (χ1) is 16.6. The first-order valence-electron chi connectivity index (χ1n) is 11.4. The molecule has 8 heteroatoms. The van der Waals surface area contributed by atoms with Gasteiger partial charge in [0, 0.05) is 25.3 Å². The summed E-state index contributed by atoms with van der Waals surface area (Å²) in [6.07, 6.45) is 5.62. The number of anilines is 1. The monoisotopic (exact) mass is 462 g/mol. The van der Waals surface area contributed by atoms with Gasteiger partial charge < -0.3 is 14.6 Å². The quantitative estimate of drug-likeness (QED) is 0.452. The first-order valence-corrected chi connectivity index (χ1v) is 11.4. The second-order valence-electron chi connectivity index (χ2n) is 8.31. The van der Waals surface area contributed by atoms with E-state index in [9.17, 15) is 9.90 Å². The zero-order valence-electron chi connectivity index (χ0n) is 19.4. The van der Waals surface area contributed by atoms with Gasteiger partial charge in [-0.05, 0) is 29.7 Å². The van der Waals surface area contributed by atoms with Crippen molar-refractivity contribution >= 4 is 11.8 Å². The number of benzene rings is 2. The third kappa shape index (κ3) is 5.52. The highest BCUT2D eigenvalue weighted by Crippen LogP contribution is 2.29. The molecule has 0 radical (unpaired) electrons. The van der Waals surface area contributed by atoms with Crippen molar-refractivity contribution in [3.63, 3.8) is 0 Å². The molecule has 3 atom stereocenters. The van der Waals surface area contributed by atoms with Crippen molar-refractivity contribution < 1.29 is 19.4 Å². The van der Waals surface area contributed by atoms with Gasteiger partial charge in [0.15, 0.2) is 0 Å². The summed E-state index contributed by atoms with van der Waals surface area (Å²) in [7, 11) is 1.70. The van der Waals surface area contributed by atoms with Crippen molar-refractivity contribution in [2.75, 3.05) is 25.2 Å². The minimum absolute atomic E-state index is 0.102. The molecule has 1 saturated heterocycles. The van der Waals surface area contributed by atoms with Crippen LogP contribution < -0.4 is 4.90 Å². The number of aliphatic hydroxyl groups excluding tert-OH is 1. The fourth-order valence-corrected chi connectivity index (χ4v) is 4.10. The number of cyclic esters (lactones) is 1. The normalized spacial score (nSPS) is 16.6. The third-order valence-electron chi connectivity index (χ3n) is 5.94. The molecule has 1 aliphatic rings. The van der Waals surface area contributed by atoms with Crippen LogP contribution in [0.4, 0.5) is 10.5 Å².